The quantitative estimate of drug-likeness (QED) is 0.455. The third-order valence-electron chi connectivity index (χ3n) is 1.47. The zero-order chi connectivity index (χ0) is 9.61. The summed E-state index contributed by atoms with van der Waals surface area (Å²) in [7, 11) is 0. The van der Waals surface area contributed by atoms with Gasteiger partial charge in [-0.1, -0.05) is 18.2 Å². The smallest absolute Gasteiger partial charge is 0.167 e. The fraction of sp³-hybridized carbons (Fsp3) is 0.556. The first-order chi connectivity index (χ1) is 5.48. The molecule has 0 aliphatic heterocycles. The van der Waals surface area contributed by atoms with Crippen LogP contribution in [0.5, 0.6) is 0 Å². The lowest BCUT2D eigenvalue weighted by atomic mass is 10.2. The Morgan fingerprint density at radius 1 is 1.25 bits per heavy atom. The molecule has 0 unspecified atom stereocenters. The molecular weight excluding hydrogens is 165 g/mol. The van der Waals surface area contributed by atoms with Crippen LogP contribution < -0.4 is 0 Å². The van der Waals surface area contributed by atoms with Crippen LogP contribution in [0.3, 0.4) is 0 Å². The average Bonchev–Trinajstić information content (AvgIpc) is 1.96. The highest BCUT2D eigenvalue weighted by Crippen LogP contribution is 2.25. The fourth-order valence-corrected chi connectivity index (χ4v) is 0.678. The first-order valence-electron chi connectivity index (χ1n) is 3.83. The van der Waals surface area contributed by atoms with Crippen molar-refractivity contribution in [2.75, 3.05) is 0 Å². The van der Waals surface area contributed by atoms with Crippen LogP contribution in [0.2, 0.25) is 0 Å². The van der Waals surface area contributed by atoms with Crippen molar-refractivity contribution in [1.29, 1.82) is 0 Å². The normalized spacial score (nSPS) is 14.2. The van der Waals surface area contributed by atoms with Crippen LogP contribution in [0, 0.1) is 0 Å². The molecule has 0 rings (SSSR count). The van der Waals surface area contributed by atoms with Crippen LogP contribution in [0.4, 0.5) is 13.2 Å². The maximum atomic E-state index is 11.9. The Kier molecular flexibility index (Phi) is 4.71. The zero-order valence-electron chi connectivity index (χ0n) is 7.28. The molecule has 0 fully saturated rings. The molecule has 0 spiro atoms. The molecule has 70 valence electrons. The Labute approximate surface area is 70.8 Å². The average molecular weight is 178 g/mol. The molecule has 0 atom stereocenters. The van der Waals surface area contributed by atoms with Gasteiger partial charge in [-0.05, 0) is 26.7 Å². The number of alkyl halides is 3. The molecule has 0 aliphatic carbocycles. The molecule has 0 aromatic rings. The van der Waals surface area contributed by atoms with Crippen molar-refractivity contribution >= 4 is 0 Å². The van der Waals surface area contributed by atoms with Gasteiger partial charge >= 0.3 is 6.18 Å². The third-order valence-corrected chi connectivity index (χ3v) is 1.47. The molecule has 0 aromatic carbocycles. The summed E-state index contributed by atoms with van der Waals surface area (Å²) in [6.07, 6.45) is 1.87. The van der Waals surface area contributed by atoms with Gasteiger partial charge in [0.1, 0.15) is 0 Å². The van der Waals surface area contributed by atoms with Crippen LogP contribution in [0.25, 0.3) is 0 Å². The van der Waals surface area contributed by atoms with E-state index in [1.165, 1.54) is 6.08 Å². The summed E-state index contributed by atoms with van der Waals surface area (Å²) in [5, 5.41) is 0. The van der Waals surface area contributed by atoms with Gasteiger partial charge in [-0.3, -0.25) is 0 Å². The number of halogens is 3. The lowest BCUT2D eigenvalue weighted by molar-refractivity contribution is -0.0915. The van der Waals surface area contributed by atoms with Gasteiger partial charge in [-0.15, -0.1) is 0 Å². The van der Waals surface area contributed by atoms with Crippen molar-refractivity contribution in [1.82, 2.24) is 0 Å². The van der Waals surface area contributed by atoms with E-state index in [2.05, 4.69) is 0 Å². The molecule has 0 radical (unpaired) electrons. The number of hydrogen-bond donors (Lipinski definition) is 0. The van der Waals surface area contributed by atoms with Crippen molar-refractivity contribution < 1.29 is 13.2 Å². The fourth-order valence-electron chi connectivity index (χ4n) is 0.678. The van der Waals surface area contributed by atoms with Crippen LogP contribution in [-0.2, 0) is 0 Å². The second kappa shape index (κ2) is 5.01. The van der Waals surface area contributed by atoms with Crippen molar-refractivity contribution in [3.8, 4) is 0 Å². The van der Waals surface area contributed by atoms with Crippen LogP contribution >= 0.6 is 0 Å². The highest BCUT2D eigenvalue weighted by atomic mass is 19.4. The van der Waals surface area contributed by atoms with E-state index in [0.29, 0.717) is 12.8 Å². The van der Waals surface area contributed by atoms with Gasteiger partial charge in [0.05, 0.1) is 0 Å². The van der Waals surface area contributed by atoms with Crippen molar-refractivity contribution in [2.45, 2.75) is 32.9 Å². The Morgan fingerprint density at radius 2 is 1.83 bits per heavy atom. The highest BCUT2D eigenvalue weighted by Gasteiger charge is 2.29. The predicted molar refractivity (Wildman–Crippen MR) is 43.9 cm³/mol. The van der Waals surface area contributed by atoms with Gasteiger partial charge in [-0.25, -0.2) is 0 Å². The summed E-state index contributed by atoms with van der Waals surface area (Å²) in [5.41, 5.74) is -0.507. The molecule has 0 amide bonds. The van der Waals surface area contributed by atoms with Gasteiger partial charge in [0.15, 0.2) is 0 Å². The maximum Gasteiger partial charge on any atom is 0.412 e. The second-order valence-corrected chi connectivity index (χ2v) is 2.53. The Morgan fingerprint density at radius 3 is 2.25 bits per heavy atom. The van der Waals surface area contributed by atoms with E-state index in [1.807, 2.05) is 19.1 Å². The topological polar surface area (TPSA) is 0 Å². The minimum atomic E-state index is -4.16. The van der Waals surface area contributed by atoms with E-state index in [0.717, 1.165) is 6.92 Å². The number of hydrogen-bond acceptors (Lipinski definition) is 0. The minimum Gasteiger partial charge on any atom is -0.167 e. The maximum absolute atomic E-state index is 11.9. The van der Waals surface area contributed by atoms with Gasteiger partial charge in [0.25, 0.3) is 0 Å². The van der Waals surface area contributed by atoms with Crippen LogP contribution in [-0.4, -0.2) is 6.18 Å². The molecule has 0 aliphatic rings. The molecule has 12 heavy (non-hydrogen) atoms. The van der Waals surface area contributed by atoms with E-state index < -0.39 is 11.7 Å². The minimum absolute atomic E-state index is 0.454. The molecule has 0 saturated carbocycles. The van der Waals surface area contributed by atoms with Crippen molar-refractivity contribution in [2.24, 2.45) is 0 Å². The van der Waals surface area contributed by atoms with Gasteiger partial charge < -0.3 is 0 Å². The standard InChI is InChI=1S/C9H13F3/c1-3-4-5-6-7-8(2)9(10,11)12/h3-4,7H,5-6H2,1-2H3/b4-3-,8-7+. The van der Waals surface area contributed by atoms with Gasteiger partial charge in [-0.2, -0.15) is 13.2 Å². The van der Waals surface area contributed by atoms with Crippen molar-refractivity contribution in [3.63, 3.8) is 0 Å². The first-order valence-corrected chi connectivity index (χ1v) is 3.83. The van der Waals surface area contributed by atoms with E-state index >= 15 is 0 Å². The lowest BCUT2D eigenvalue weighted by Crippen LogP contribution is -2.08. The third kappa shape index (κ3) is 4.99. The van der Waals surface area contributed by atoms with Gasteiger partial charge in [0, 0.05) is 5.57 Å². The van der Waals surface area contributed by atoms with E-state index in [-0.39, 0.29) is 0 Å². The summed E-state index contributed by atoms with van der Waals surface area (Å²) >= 11 is 0. The van der Waals surface area contributed by atoms with E-state index in [1.54, 1.807) is 0 Å². The number of unbranched alkanes of at least 4 members (excludes halogenated alkanes) is 1. The highest BCUT2D eigenvalue weighted by molar-refractivity contribution is 5.05. The summed E-state index contributed by atoms with van der Waals surface area (Å²) < 4.78 is 35.6. The second-order valence-electron chi connectivity index (χ2n) is 2.53. The van der Waals surface area contributed by atoms with Crippen molar-refractivity contribution in [3.05, 3.63) is 23.8 Å². The molecule has 0 heterocycles. The molecule has 0 bridgehead atoms. The Hall–Kier alpha value is -0.730. The Balaban J connectivity index is 3.85. The lowest BCUT2D eigenvalue weighted by Gasteiger charge is -2.05. The number of allylic oxidation sites excluding steroid dienone is 4. The van der Waals surface area contributed by atoms with E-state index in [9.17, 15) is 13.2 Å². The van der Waals surface area contributed by atoms with Crippen LogP contribution in [0.15, 0.2) is 23.8 Å². The molecule has 0 N–H and O–H groups in total. The van der Waals surface area contributed by atoms with Crippen LogP contribution in [0.1, 0.15) is 26.7 Å². The first kappa shape index (κ1) is 11.3. The zero-order valence-corrected chi connectivity index (χ0v) is 7.28. The number of rotatable bonds is 3. The SMILES string of the molecule is C/C=C\CC/C=C(\C)C(F)(F)F. The summed E-state index contributed by atoms with van der Waals surface area (Å²) in [4.78, 5) is 0. The monoisotopic (exact) mass is 178 g/mol. The summed E-state index contributed by atoms with van der Waals surface area (Å²) in [6.45, 7) is 2.94. The summed E-state index contributed by atoms with van der Waals surface area (Å²) in [6, 6.07) is 0. The predicted octanol–water partition coefficient (Wildman–Crippen LogP) is 3.85. The van der Waals surface area contributed by atoms with E-state index in [4.69, 9.17) is 0 Å². The largest absolute Gasteiger partial charge is 0.412 e. The molecule has 3 heteroatoms. The Bertz CT molecular complexity index is 175. The molecule has 0 aromatic heterocycles. The molecule has 0 nitrogen and oxygen atoms in total. The molecular formula is C9H13F3. The van der Waals surface area contributed by atoms with Gasteiger partial charge in [0.2, 0.25) is 0 Å². The molecule has 0 saturated heterocycles. The summed E-state index contributed by atoms with van der Waals surface area (Å²) in [5.74, 6) is 0.